The molecule has 7 nitrogen and oxygen atoms in total. The van der Waals surface area contributed by atoms with Gasteiger partial charge >= 0.3 is 6.03 Å². The predicted octanol–water partition coefficient (Wildman–Crippen LogP) is 5.12. The number of aromatic nitrogens is 1. The highest BCUT2D eigenvalue weighted by atomic mass is 35.5. The third-order valence-corrected chi connectivity index (χ3v) is 5.50. The number of urea groups is 1. The van der Waals surface area contributed by atoms with Gasteiger partial charge in [0.15, 0.2) is 5.82 Å². The average Bonchev–Trinajstić information content (AvgIpc) is 3.25. The Morgan fingerprint density at radius 1 is 1.03 bits per heavy atom. The van der Waals surface area contributed by atoms with Gasteiger partial charge in [-0.25, -0.2) is 4.79 Å². The van der Waals surface area contributed by atoms with Gasteiger partial charge in [-0.05, 0) is 29.8 Å². The topological polar surface area (TPSA) is 70.8 Å². The van der Waals surface area contributed by atoms with Gasteiger partial charge in [0.05, 0.1) is 10.0 Å². The molecule has 1 N–H and O–H groups in total. The van der Waals surface area contributed by atoms with Crippen LogP contribution in [0.4, 0.5) is 10.6 Å². The number of anilines is 1. The zero-order chi connectivity index (χ0) is 20.9. The van der Waals surface area contributed by atoms with E-state index in [1.54, 1.807) is 29.2 Å². The monoisotopic (exact) mass is 446 g/mol. The van der Waals surface area contributed by atoms with Crippen LogP contribution in [0.1, 0.15) is 5.56 Å². The highest BCUT2D eigenvalue weighted by Crippen LogP contribution is 2.29. The van der Waals surface area contributed by atoms with Crippen LogP contribution in [0, 0.1) is 0 Å². The molecular formula is C21H20Cl2N4O3. The fraction of sp³-hybridized carbons (Fsp3) is 0.238. The lowest BCUT2D eigenvalue weighted by Crippen LogP contribution is -2.49. The summed E-state index contributed by atoms with van der Waals surface area (Å²) < 4.78 is 10.6. The van der Waals surface area contributed by atoms with Crippen LogP contribution in [-0.2, 0) is 6.54 Å². The number of hydrogen-bond donors (Lipinski definition) is 1. The van der Waals surface area contributed by atoms with Gasteiger partial charge in [0, 0.05) is 44.9 Å². The van der Waals surface area contributed by atoms with Crippen molar-refractivity contribution in [2.75, 3.05) is 31.5 Å². The molecule has 0 bridgehead atoms. The van der Waals surface area contributed by atoms with Gasteiger partial charge in [0.2, 0.25) is 0 Å². The Morgan fingerprint density at radius 3 is 2.57 bits per heavy atom. The van der Waals surface area contributed by atoms with Crippen LogP contribution in [0.5, 0.6) is 11.5 Å². The van der Waals surface area contributed by atoms with Crippen molar-refractivity contribution in [2.45, 2.75) is 6.54 Å². The van der Waals surface area contributed by atoms with E-state index in [-0.39, 0.29) is 6.03 Å². The third kappa shape index (κ3) is 5.24. The first-order chi connectivity index (χ1) is 14.6. The van der Waals surface area contributed by atoms with E-state index in [2.05, 4.69) is 21.4 Å². The minimum absolute atomic E-state index is 0.166. The van der Waals surface area contributed by atoms with Gasteiger partial charge in [0.25, 0.3) is 0 Å². The maximum Gasteiger partial charge on any atom is 0.323 e. The molecule has 4 rings (SSSR count). The maximum absolute atomic E-state index is 12.3. The van der Waals surface area contributed by atoms with Crippen LogP contribution in [-0.4, -0.2) is 47.2 Å². The van der Waals surface area contributed by atoms with Crippen LogP contribution in [0.15, 0.2) is 59.3 Å². The van der Waals surface area contributed by atoms with Crippen LogP contribution >= 0.6 is 23.2 Å². The number of rotatable bonds is 5. The molecule has 1 aliphatic heterocycles. The van der Waals surface area contributed by atoms with Gasteiger partial charge in [-0.3, -0.25) is 10.2 Å². The number of carbonyl (C=O) groups excluding carboxylic acids is 1. The first-order valence-corrected chi connectivity index (χ1v) is 10.2. The van der Waals surface area contributed by atoms with E-state index in [0.29, 0.717) is 34.7 Å². The van der Waals surface area contributed by atoms with E-state index < -0.39 is 0 Å². The zero-order valence-corrected chi connectivity index (χ0v) is 17.6. The lowest BCUT2D eigenvalue weighted by atomic mass is 10.2. The van der Waals surface area contributed by atoms with Gasteiger partial charge in [-0.1, -0.05) is 40.5 Å². The number of benzene rings is 2. The molecule has 2 heterocycles. The van der Waals surface area contributed by atoms with Gasteiger partial charge in [-0.2, -0.15) is 0 Å². The largest absolute Gasteiger partial charge is 0.457 e. The van der Waals surface area contributed by atoms with Crippen molar-refractivity contribution in [3.05, 3.63) is 70.4 Å². The van der Waals surface area contributed by atoms with E-state index in [1.165, 1.54) is 6.26 Å². The summed E-state index contributed by atoms with van der Waals surface area (Å²) in [6.07, 6.45) is 1.42. The maximum atomic E-state index is 12.3. The molecule has 1 aromatic heterocycles. The average molecular weight is 447 g/mol. The van der Waals surface area contributed by atoms with E-state index in [4.69, 9.17) is 32.5 Å². The van der Waals surface area contributed by atoms with E-state index in [0.717, 1.165) is 30.9 Å². The Morgan fingerprint density at radius 2 is 1.83 bits per heavy atom. The molecule has 0 spiro atoms. The van der Waals surface area contributed by atoms with Crippen molar-refractivity contribution in [3.63, 3.8) is 0 Å². The SMILES string of the molecule is O=C(Nc1ccon1)N1CCN(Cc2cccc(Oc3ccc(Cl)c(Cl)c3)c2)CC1. The molecule has 0 radical (unpaired) electrons. The molecule has 30 heavy (non-hydrogen) atoms. The second-order valence-electron chi connectivity index (χ2n) is 6.90. The summed E-state index contributed by atoms with van der Waals surface area (Å²) in [4.78, 5) is 16.4. The summed E-state index contributed by atoms with van der Waals surface area (Å²) in [5, 5.41) is 7.37. The molecule has 1 aliphatic rings. The van der Waals surface area contributed by atoms with E-state index in [9.17, 15) is 4.79 Å². The Labute approximate surface area is 184 Å². The zero-order valence-electron chi connectivity index (χ0n) is 16.1. The summed E-state index contributed by atoms with van der Waals surface area (Å²) in [7, 11) is 0. The second-order valence-corrected chi connectivity index (χ2v) is 7.72. The second kappa shape index (κ2) is 9.38. The summed E-state index contributed by atoms with van der Waals surface area (Å²) >= 11 is 12.0. The summed E-state index contributed by atoms with van der Waals surface area (Å²) in [5.74, 6) is 1.78. The Bertz CT molecular complexity index is 1010. The number of carbonyl (C=O) groups is 1. The molecular weight excluding hydrogens is 427 g/mol. The number of halogens is 2. The van der Waals surface area contributed by atoms with E-state index >= 15 is 0 Å². The molecule has 156 valence electrons. The number of amides is 2. The van der Waals surface area contributed by atoms with Crippen molar-refractivity contribution >= 4 is 35.1 Å². The molecule has 0 unspecified atom stereocenters. The van der Waals surface area contributed by atoms with Crippen LogP contribution < -0.4 is 10.1 Å². The van der Waals surface area contributed by atoms with Crippen LogP contribution in [0.25, 0.3) is 0 Å². The molecule has 0 saturated carbocycles. The molecule has 0 atom stereocenters. The van der Waals surface area contributed by atoms with Gasteiger partial charge < -0.3 is 14.2 Å². The first-order valence-electron chi connectivity index (χ1n) is 9.47. The summed E-state index contributed by atoms with van der Waals surface area (Å²) in [5.41, 5.74) is 1.13. The fourth-order valence-electron chi connectivity index (χ4n) is 3.22. The lowest BCUT2D eigenvalue weighted by molar-refractivity contribution is 0.143. The van der Waals surface area contributed by atoms with Gasteiger partial charge in [-0.15, -0.1) is 0 Å². The van der Waals surface area contributed by atoms with Crippen LogP contribution in [0.2, 0.25) is 10.0 Å². The summed E-state index contributed by atoms with van der Waals surface area (Å²) in [6.45, 7) is 3.62. The Balaban J connectivity index is 1.30. The highest BCUT2D eigenvalue weighted by molar-refractivity contribution is 6.42. The van der Waals surface area contributed by atoms with E-state index in [1.807, 2.05) is 18.2 Å². The Hall–Kier alpha value is -2.74. The first kappa shape index (κ1) is 20.5. The highest BCUT2D eigenvalue weighted by Gasteiger charge is 2.21. The quantitative estimate of drug-likeness (QED) is 0.588. The van der Waals surface area contributed by atoms with Crippen molar-refractivity contribution in [1.82, 2.24) is 15.0 Å². The van der Waals surface area contributed by atoms with Gasteiger partial charge in [0.1, 0.15) is 17.8 Å². The smallest absolute Gasteiger partial charge is 0.323 e. The van der Waals surface area contributed by atoms with Crippen molar-refractivity contribution in [2.24, 2.45) is 0 Å². The standard InChI is InChI=1S/C21H20Cl2N4O3/c22-18-5-4-17(13-19(18)23)30-16-3-1-2-15(12-16)14-26-7-9-27(10-8-26)21(28)24-20-6-11-29-25-20/h1-6,11-13H,7-10,14H2,(H,24,25,28). The lowest BCUT2D eigenvalue weighted by Gasteiger charge is -2.34. The summed E-state index contributed by atoms with van der Waals surface area (Å²) in [6, 6.07) is 14.6. The molecule has 9 heteroatoms. The molecule has 1 fully saturated rings. The normalized spacial score (nSPS) is 14.5. The number of piperazine rings is 1. The van der Waals surface area contributed by atoms with Crippen LogP contribution in [0.3, 0.4) is 0 Å². The third-order valence-electron chi connectivity index (χ3n) is 4.76. The molecule has 2 amide bonds. The van der Waals surface area contributed by atoms with Crippen molar-refractivity contribution in [3.8, 4) is 11.5 Å². The molecule has 2 aromatic carbocycles. The minimum atomic E-state index is -0.166. The van der Waals surface area contributed by atoms with Crippen molar-refractivity contribution < 1.29 is 14.1 Å². The fourth-order valence-corrected chi connectivity index (χ4v) is 3.50. The molecule has 0 aliphatic carbocycles. The minimum Gasteiger partial charge on any atom is -0.457 e. The molecule has 1 saturated heterocycles. The number of nitrogens with one attached hydrogen (secondary N) is 1. The number of nitrogens with zero attached hydrogens (tertiary/aromatic N) is 3. The number of hydrogen-bond acceptors (Lipinski definition) is 5. The molecule has 3 aromatic rings. The van der Waals surface area contributed by atoms with Crippen molar-refractivity contribution in [1.29, 1.82) is 0 Å². The predicted molar refractivity (Wildman–Crippen MR) is 115 cm³/mol. The Kier molecular flexibility index (Phi) is 6.42. The number of ether oxygens (including phenoxy) is 1.